The third kappa shape index (κ3) is 3.63. The molecule has 4 aromatic heterocycles. The number of aromatic nitrogens is 4. The minimum Gasteiger partial charge on any atom is -0.277 e. The molecule has 0 bridgehead atoms. The lowest BCUT2D eigenvalue weighted by atomic mass is 10.00. The fourth-order valence-corrected chi connectivity index (χ4v) is 8.29. The van der Waals surface area contributed by atoms with Crippen LogP contribution in [0.3, 0.4) is 0 Å². The van der Waals surface area contributed by atoms with Crippen molar-refractivity contribution >= 4 is 75.1 Å². The van der Waals surface area contributed by atoms with Gasteiger partial charge in [-0.1, -0.05) is 115 Å². The van der Waals surface area contributed by atoms with E-state index in [0.29, 0.717) is 11.6 Å². The first-order valence-corrected chi connectivity index (χ1v) is 16.2. The van der Waals surface area contributed by atoms with E-state index in [1.54, 1.807) is 0 Å². The van der Waals surface area contributed by atoms with Crippen molar-refractivity contribution in [2.24, 2.45) is 0 Å². The number of thiophene rings is 1. The molecule has 46 heavy (non-hydrogen) atoms. The first kappa shape index (κ1) is 25.4. The van der Waals surface area contributed by atoms with Crippen molar-refractivity contribution in [1.82, 2.24) is 19.5 Å². The van der Waals surface area contributed by atoms with Crippen LogP contribution in [0.15, 0.2) is 146 Å². The number of hydrogen-bond donors (Lipinski definition) is 0. The van der Waals surface area contributed by atoms with Gasteiger partial charge in [0.25, 0.3) is 0 Å². The fraction of sp³-hybridized carbons (Fsp3) is 0. The van der Waals surface area contributed by atoms with Crippen molar-refractivity contribution in [2.45, 2.75) is 0 Å². The van der Waals surface area contributed by atoms with Gasteiger partial charge in [-0.05, 0) is 40.8 Å². The minimum absolute atomic E-state index is 0.617. The first-order valence-electron chi connectivity index (χ1n) is 15.4. The van der Waals surface area contributed by atoms with Crippen molar-refractivity contribution in [2.75, 3.05) is 0 Å². The molecule has 0 saturated carbocycles. The molecule has 0 radical (unpaired) electrons. The van der Waals surface area contributed by atoms with E-state index in [1.807, 2.05) is 29.7 Å². The fourth-order valence-electron chi connectivity index (χ4n) is 7.05. The summed E-state index contributed by atoms with van der Waals surface area (Å²) in [7, 11) is 0. The van der Waals surface area contributed by atoms with Gasteiger partial charge in [-0.2, -0.15) is 4.98 Å². The second-order valence-electron chi connectivity index (χ2n) is 11.6. The molecule has 0 amide bonds. The highest BCUT2D eigenvalue weighted by Gasteiger charge is 2.23. The lowest BCUT2D eigenvalue weighted by Gasteiger charge is -2.13. The molecular formula is C41H24N4S. The van der Waals surface area contributed by atoms with Crippen molar-refractivity contribution in [3.63, 3.8) is 0 Å². The van der Waals surface area contributed by atoms with E-state index in [-0.39, 0.29) is 0 Å². The van der Waals surface area contributed by atoms with Crippen LogP contribution < -0.4 is 0 Å². The highest BCUT2D eigenvalue weighted by atomic mass is 32.1. The molecule has 0 atom stereocenters. The standard InChI is InChI=1S/C41H24N4S/c1-2-11-25(12-3-1)26-20-22-27(23-21-26)37-32-17-10-24-42-40(32)44-41(43-37)45-33-18-8-6-15-30(33)35-28-13-4-5-14-29(28)39-36(38(35)45)31-16-7-9-19-34(31)46-39/h1-24H. The summed E-state index contributed by atoms with van der Waals surface area (Å²) in [5, 5.41) is 8.33. The van der Waals surface area contributed by atoms with Gasteiger partial charge in [0.05, 0.1) is 16.7 Å². The monoisotopic (exact) mass is 604 g/mol. The number of hydrogen-bond acceptors (Lipinski definition) is 4. The summed E-state index contributed by atoms with van der Waals surface area (Å²) in [6, 6.07) is 49.3. The largest absolute Gasteiger partial charge is 0.277 e. The lowest BCUT2D eigenvalue weighted by Crippen LogP contribution is -2.04. The first-order chi connectivity index (χ1) is 22.8. The number of para-hydroxylation sites is 1. The van der Waals surface area contributed by atoms with Gasteiger partial charge >= 0.3 is 0 Å². The van der Waals surface area contributed by atoms with Crippen LogP contribution in [0.2, 0.25) is 0 Å². The zero-order chi connectivity index (χ0) is 30.2. The topological polar surface area (TPSA) is 43.6 Å². The maximum Gasteiger partial charge on any atom is 0.237 e. The summed E-state index contributed by atoms with van der Waals surface area (Å²) in [5.41, 5.74) is 7.13. The van der Waals surface area contributed by atoms with E-state index in [0.717, 1.165) is 27.7 Å². The normalized spacial score (nSPS) is 11.9. The summed E-state index contributed by atoms with van der Waals surface area (Å²) in [6.45, 7) is 0. The molecule has 0 aliphatic heterocycles. The molecule has 0 unspecified atom stereocenters. The second kappa shape index (κ2) is 9.80. The van der Waals surface area contributed by atoms with Crippen LogP contribution in [-0.4, -0.2) is 19.5 Å². The summed E-state index contributed by atoms with van der Waals surface area (Å²) < 4.78 is 4.82. The van der Waals surface area contributed by atoms with Gasteiger partial charge in [0, 0.05) is 53.5 Å². The van der Waals surface area contributed by atoms with Crippen LogP contribution in [0.25, 0.3) is 92.1 Å². The van der Waals surface area contributed by atoms with Gasteiger partial charge < -0.3 is 0 Å². The predicted octanol–water partition coefficient (Wildman–Crippen LogP) is 11.0. The molecule has 6 aromatic carbocycles. The van der Waals surface area contributed by atoms with Crippen molar-refractivity contribution in [3.8, 4) is 28.3 Å². The van der Waals surface area contributed by atoms with E-state index in [1.165, 1.54) is 52.8 Å². The molecule has 0 aliphatic rings. The summed E-state index contributed by atoms with van der Waals surface area (Å²) in [5.74, 6) is 0.617. The van der Waals surface area contributed by atoms with Crippen LogP contribution in [0.5, 0.6) is 0 Å². The number of fused-ring (bicyclic) bond motifs is 11. The molecule has 0 aliphatic carbocycles. The van der Waals surface area contributed by atoms with Gasteiger partial charge in [-0.15, -0.1) is 11.3 Å². The maximum atomic E-state index is 5.38. The van der Waals surface area contributed by atoms with E-state index in [9.17, 15) is 0 Å². The molecule has 5 heteroatoms. The Morgan fingerprint density at radius 1 is 0.478 bits per heavy atom. The Labute approximate surface area is 267 Å². The Kier molecular flexibility index (Phi) is 5.41. The van der Waals surface area contributed by atoms with E-state index < -0.39 is 0 Å². The van der Waals surface area contributed by atoms with E-state index in [4.69, 9.17) is 15.0 Å². The zero-order valence-corrected chi connectivity index (χ0v) is 25.4. The lowest BCUT2D eigenvalue weighted by molar-refractivity contribution is 1.01. The van der Waals surface area contributed by atoms with Crippen molar-refractivity contribution in [3.05, 3.63) is 146 Å². The molecule has 0 N–H and O–H groups in total. The molecule has 4 heterocycles. The van der Waals surface area contributed by atoms with Gasteiger partial charge in [0.15, 0.2) is 5.65 Å². The molecular weight excluding hydrogens is 581 g/mol. The van der Waals surface area contributed by atoms with Crippen molar-refractivity contribution in [1.29, 1.82) is 0 Å². The molecule has 10 aromatic rings. The van der Waals surface area contributed by atoms with Gasteiger partial charge in [-0.25, -0.2) is 9.97 Å². The average molecular weight is 605 g/mol. The third-order valence-electron chi connectivity index (χ3n) is 9.07. The van der Waals surface area contributed by atoms with Crippen molar-refractivity contribution < 1.29 is 0 Å². The Hall–Kier alpha value is -5.91. The van der Waals surface area contributed by atoms with E-state index >= 15 is 0 Å². The summed E-state index contributed by atoms with van der Waals surface area (Å²) in [6.07, 6.45) is 1.81. The Morgan fingerprint density at radius 3 is 1.98 bits per heavy atom. The predicted molar refractivity (Wildman–Crippen MR) is 193 cm³/mol. The van der Waals surface area contributed by atoms with Crippen LogP contribution in [0.1, 0.15) is 0 Å². The van der Waals surface area contributed by atoms with Crippen LogP contribution >= 0.6 is 11.3 Å². The molecule has 10 rings (SSSR count). The second-order valence-corrected chi connectivity index (χ2v) is 12.7. The quantitative estimate of drug-likeness (QED) is 0.201. The maximum absolute atomic E-state index is 5.38. The number of benzene rings is 6. The number of nitrogens with zero attached hydrogens (tertiary/aromatic N) is 4. The minimum atomic E-state index is 0.617. The Bertz CT molecular complexity index is 2790. The van der Waals surface area contributed by atoms with Gasteiger partial charge in [0.2, 0.25) is 5.95 Å². The Morgan fingerprint density at radius 2 is 1.13 bits per heavy atom. The summed E-state index contributed by atoms with van der Waals surface area (Å²) in [4.78, 5) is 15.3. The molecule has 214 valence electrons. The molecule has 0 saturated heterocycles. The smallest absolute Gasteiger partial charge is 0.237 e. The number of pyridine rings is 1. The summed E-state index contributed by atoms with van der Waals surface area (Å²) >= 11 is 1.86. The zero-order valence-electron chi connectivity index (χ0n) is 24.6. The average Bonchev–Trinajstić information content (AvgIpc) is 3.68. The highest BCUT2D eigenvalue weighted by Crippen LogP contribution is 2.47. The molecule has 4 nitrogen and oxygen atoms in total. The molecule has 0 fully saturated rings. The highest BCUT2D eigenvalue weighted by molar-refractivity contribution is 7.27. The van der Waals surface area contributed by atoms with Gasteiger partial charge in [0.1, 0.15) is 0 Å². The van der Waals surface area contributed by atoms with E-state index in [2.05, 4.69) is 132 Å². The van der Waals surface area contributed by atoms with Crippen LogP contribution in [0, 0.1) is 0 Å². The van der Waals surface area contributed by atoms with Crippen LogP contribution in [-0.2, 0) is 0 Å². The molecule has 0 spiro atoms. The SMILES string of the molecule is c1ccc(-c2ccc(-c3nc(-n4c5ccccc5c5c6ccccc6c6sc7ccccc7c6c54)nc4ncccc34)cc2)cc1. The Balaban J connectivity index is 1.34. The van der Waals surface area contributed by atoms with Gasteiger partial charge in [-0.3, -0.25) is 4.57 Å². The number of rotatable bonds is 3. The van der Waals surface area contributed by atoms with Crippen LogP contribution in [0.4, 0.5) is 0 Å². The third-order valence-corrected chi connectivity index (χ3v) is 10.3.